The van der Waals surface area contributed by atoms with Gasteiger partial charge >= 0.3 is 0 Å². The molecule has 0 radical (unpaired) electrons. The lowest BCUT2D eigenvalue weighted by Gasteiger charge is -1.97. The Morgan fingerprint density at radius 3 is 2.64 bits per heavy atom. The Hall–Kier alpha value is -0.790. The maximum absolute atomic E-state index is 10.9. The summed E-state index contributed by atoms with van der Waals surface area (Å²) >= 11 is 0. The van der Waals surface area contributed by atoms with Gasteiger partial charge in [-0.3, -0.25) is 4.79 Å². The number of hydrogen-bond donors (Lipinski definition) is 1. The van der Waals surface area contributed by atoms with Gasteiger partial charge in [-0.2, -0.15) is 0 Å². The van der Waals surface area contributed by atoms with E-state index in [2.05, 4.69) is 12.2 Å². The van der Waals surface area contributed by atoms with E-state index < -0.39 is 0 Å². The third kappa shape index (κ3) is 4.59. The summed E-state index contributed by atoms with van der Waals surface area (Å²) in [6.45, 7) is 3.98. The Bertz CT molecular complexity index is 150. The summed E-state index contributed by atoms with van der Waals surface area (Å²) in [6.07, 6.45) is 5.34. The molecule has 0 spiro atoms. The average Bonchev–Trinajstić information content (AvgIpc) is 2.03. The Morgan fingerprint density at radius 1 is 1.55 bits per heavy atom. The summed E-state index contributed by atoms with van der Waals surface area (Å²) < 4.78 is 0. The molecule has 0 saturated carbocycles. The van der Waals surface area contributed by atoms with Gasteiger partial charge in [-0.25, -0.2) is 0 Å². The number of rotatable bonds is 4. The Labute approximate surface area is 68.7 Å². The van der Waals surface area contributed by atoms with Gasteiger partial charge < -0.3 is 5.32 Å². The second-order valence-electron chi connectivity index (χ2n) is 2.61. The number of carbonyl (C=O) groups is 1. The molecule has 0 aliphatic heterocycles. The fourth-order valence-corrected chi connectivity index (χ4v) is 0.813. The van der Waals surface area contributed by atoms with E-state index in [9.17, 15) is 4.79 Å². The summed E-state index contributed by atoms with van der Waals surface area (Å²) in [5.41, 5.74) is 0.820. The van der Waals surface area contributed by atoms with E-state index in [1.807, 2.05) is 13.0 Å². The predicted octanol–water partition coefficient (Wildman–Crippen LogP) is 1.87. The number of nitrogens with one attached hydrogen (secondary N) is 1. The molecule has 0 saturated heterocycles. The van der Waals surface area contributed by atoms with Crippen molar-refractivity contribution < 1.29 is 4.79 Å². The Morgan fingerprint density at radius 2 is 2.18 bits per heavy atom. The van der Waals surface area contributed by atoms with E-state index in [1.54, 1.807) is 7.05 Å². The van der Waals surface area contributed by atoms with Crippen LogP contribution in [0.5, 0.6) is 0 Å². The molecule has 0 unspecified atom stereocenters. The van der Waals surface area contributed by atoms with Crippen LogP contribution in [0.15, 0.2) is 11.6 Å². The molecule has 1 N–H and O–H groups in total. The van der Waals surface area contributed by atoms with Crippen molar-refractivity contribution in [2.24, 2.45) is 0 Å². The number of unbranched alkanes of at least 4 members (excludes halogenated alkanes) is 2. The summed E-state index contributed by atoms with van der Waals surface area (Å²) in [7, 11) is 1.65. The van der Waals surface area contributed by atoms with Crippen LogP contribution in [0.25, 0.3) is 0 Å². The number of amides is 1. The third-order valence-electron chi connectivity index (χ3n) is 1.59. The van der Waals surface area contributed by atoms with Gasteiger partial charge in [0, 0.05) is 12.6 Å². The second-order valence-corrected chi connectivity index (χ2v) is 2.61. The van der Waals surface area contributed by atoms with E-state index >= 15 is 0 Å². The first-order valence-electron chi connectivity index (χ1n) is 4.11. The lowest BCUT2D eigenvalue weighted by Crippen LogP contribution is -2.18. The van der Waals surface area contributed by atoms with E-state index in [0.29, 0.717) is 0 Å². The summed E-state index contributed by atoms with van der Waals surface area (Å²) in [6, 6.07) is 0. The van der Waals surface area contributed by atoms with Crippen LogP contribution >= 0.6 is 0 Å². The molecule has 0 aliphatic rings. The van der Waals surface area contributed by atoms with Crippen LogP contribution in [0.2, 0.25) is 0 Å². The molecule has 0 bridgehead atoms. The van der Waals surface area contributed by atoms with Crippen molar-refractivity contribution in [1.29, 1.82) is 0 Å². The van der Waals surface area contributed by atoms with Crippen LogP contribution < -0.4 is 5.32 Å². The van der Waals surface area contributed by atoms with Crippen LogP contribution in [-0.2, 0) is 4.79 Å². The smallest absolute Gasteiger partial charge is 0.246 e. The molecule has 0 aromatic heterocycles. The number of likely N-dealkylation sites (N-methyl/N-ethyl adjacent to an activating group) is 1. The first kappa shape index (κ1) is 10.2. The molecule has 0 aliphatic carbocycles. The van der Waals surface area contributed by atoms with Crippen LogP contribution in [0.3, 0.4) is 0 Å². The molecular formula is C9H17NO. The van der Waals surface area contributed by atoms with Crippen LogP contribution in [0.4, 0.5) is 0 Å². The van der Waals surface area contributed by atoms with Gasteiger partial charge in [0.25, 0.3) is 0 Å². The summed E-state index contributed by atoms with van der Waals surface area (Å²) in [4.78, 5) is 10.9. The van der Waals surface area contributed by atoms with Gasteiger partial charge in [-0.15, -0.1) is 0 Å². The fraction of sp³-hybridized carbons (Fsp3) is 0.667. The molecule has 0 heterocycles. The maximum Gasteiger partial charge on any atom is 0.246 e. The minimum Gasteiger partial charge on any atom is -0.355 e. The monoisotopic (exact) mass is 155 g/mol. The zero-order valence-electron chi connectivity index (χ0n) is 7.61. The van der Waals surface area contributed by atoms with Gasteiger partial charge in [0.1, 0.15) is 0 Å². The van der Waals surface area contributed by atoms with Crippen molar-refractivity contribution in [1.82, 2.24) is 5.32 Å². The zero-order chi connectivity index (χ0) is 8.69. The highest BCUT2D eigenvalue weighted by molar-refractivity contribution is 5.92. The Kier molecular flexibility index (Phi) is 5.53. The van der Waals surface area contributed by atoms with Crippen molar-refractivity contribution in [2.45, 2.75) is 33.1 Å². The van der Waals surface area contributed by atoms with Crippen molar-refractivity contribution in [3.8, 4) is 0 Å². The third-order valence-corrected chi connectivity index (χ3v) is 1.59. The van der Waals surface area contributed by atoms with Crippen LogP contribution in [-0.4, -0.2) is 13.0 Å². The van der Waals surface area contributed by atoms with E-state index in [4.69, 9.17) is 0 Å². The molecule has 64 valence electrons. The van der Waals surface area contributed by atoms with Crippen molar-refractivity contribution in [3.63, 3.8) is 0 Å². The molecule has 0 aromatic rings. The van der Waals surface area contributed by atoms with Crippen LogP contribution in [0, 0.1) is 0 Å². The summed E-state index contributed by atoms with van der Waals surface area (Å²) in [5.74, 6) is 0.0288. The Balaban J connectivity index is 3.71. The van der Waals surface area contributed by atoms with Crippen molar-refractivity contribution in [3.05, 3.63) is 11.6 Å². The predicted molar refractivity (Wildman–Crippen MR) is 47.3 cm³/mol. The van der Waals surface area contributed by atoms with Crippen LogP contribution in [0.1, 0.15) is 33.1 Å². The van der Waals surface area contributed by atoms with E-state index in [-0.39, 0.29) is 5.91 Å². The topological polar surface area (TPSA) is 29.1 Å². The van der Waals surface area contributed by atoms with Gasteiger partial charge in [-0.1, -0.05) is 25.8 Å². The maximum atomic E-state index is 10.9. The highest BCUT2D eigenvalue weighted by atomic mass is 16.1. The minimum atomic E-state index is 0.0288. The quantitative estimate of drug-likeness (QED) is 0.487. The SMILES string of the molecule is CCCCC=C(C)C(=O)NC. The molecule has 0 atom stereocenters. The fourth-order valence-electron chi connectivity index (χ4n) is 0.813. The van der Waals surface area contributed by atoms with Gasteiger partial charge in [0.15, 0.2) is 0 Å². The number of hydrogen-bond acceptors (Lipinski definition) is 1. The molecule has 1 amide bonds. The summed E-state index contributed by atoms with van der Waals surface area (Å²) in [5, 5.41) is 2.58. The molecular weight excluding hydrogens is 138 g/mol. The highest BCUT2D eigenvalue weighted by Crippen LogP contribution is 2.00. The molecule has 11 heavy (non-hydrogen) atoms. The largest absolute Gasteiger partial charge is 0.355 e. The van der Waals surface area contributed by atoms with E-state index in [1.165, 1.54) is 6.42 Å². The lowest BCUT2D eigenvalue weighted by molar-refractivity contribution is -0.117. The minimum absolute atomic E-state index is 0.0288. The molecule has 2 heteroatoms. The van der Waals surface area contributed by atoms with Gasteiger partial charge in [-0.05, 0) is 13.3 Å². The first-order chi connectivity index (χ1) is 5.22. The highest BCUT2D eigenvalue weighted by Gasteiger charge is 1.97. The lowest BCUT2D eigenvalue weighted by atomic mass is 10.2. The number of carbonyl (C=O) groups excluding carboxylic acids is 1. The average molecular weight is 155 g/mol. The van der Waals surface area contributed by atoms with Crippen molar-refractivity contribution in [2.75, 3.05) is 7.05 Å². The van der Waals surface area contributed by atoms with Gasteiger partial charge in [0.05, 0.1) is 0 Å². The number of allylic oxidation sites excluding steroid dienone is 1. The molecule has 0 aromatic carbocycles. The van der Waals surface area contributed by atoms with Gasteiger partial charge in [0.2, 0.25) is 5.91 Å². The molecule has 0 fully saturated rings. The standard InChI is InChI=1S/C9H17NO/c1-4-5-6-7-8(2)9(11)10-3/h7H,4-6H2,1-3H3,(H,10,11). The molecule has 2 nitrogen and oxygen atoms in total. The first-order valence-corrected chi connectivity index (χ1v) is 4.11. The second kappa shape index (κ2) is 5.96. The zero-order valence-corrected chi connectivity index (χ0v) is 7.61. The molecule has 0 rings (SSSR count). The van der Waals surface area contributed by atoms with Crippen molar-refractivity contribution >= 4 is 5.91 Å². The normalized spacial score (nSPS) is 11.4. The van der Waals surface area contributed by atoms with E-state index in [0.717, 1.165) is 18.4 Å².